The highest BCUT2D eigenvalue weighted by Crippen LogP contribution is 2.25. The van der Waals surface area contributed by atoms with E-state index in [4.69, 9.17) is 0 Å². The summed E-state index contributed by atoms with van der Waals surface area (Å²) in [7, 11) is 0. The van der Waals surface area contributed by atoms with E-state index in [1.165, 1.54) is 0 Å². The second-order valence-corrected chi connectivity index (χ2v) is 1.41. The molecule has 0 bridgehead atoms. The third kappa shape index (κ3) is 2.15. The van der Waals surface area contributed by atoms with E-state index in [9.17, 15) is 22.0 Å². The van der Waals surface area contributed by atoms with Gasteiger partial charge in [0.25, 0.3) is 0 Å². The quantitative estimate of drug-likeness (QED) is 0.536. The molecule has 0 saturated heterocycles. The minimum Gasteiger partial charge on any atom is -0.248 e. The third-order valence-electron chi connectivity index (χ3n) is 0.699. The van der Waals surface area contributed by atoms with Gasteiger partial charge in [-0.05, 0) is 0 Å². The summed E-state index contributed by atoms with van der Waals surface area (Å²) in [5.41, 5.74) is 0. The van der Waals surface area contributed by atoms with E-state index in [0.717, 1.165) is 0 Å². The number of rotatable bonds is 3. The second-order valence-electron chi connectivity index (χ2n) is 1.41. The fourth-order valence-electron chi connectivity index (χ4n) is 0.171. The summed E-state index contributed by atoms with van der Waals surface area (Å²) in [6.07, 6.45) is -3.07. The predicted octanol–water partition coefficient (Wildman–Crippen LogP) is 2.06. The molecule has 9 heavy (non-hydrogen) atoms. The number of hydrogen-bond acceptors (Lipinski definition) is 0. The van der Waals surface area contributed by atoms with E-state index in [1.54, 1.807) is 0 Å². The van der Waals surface area contributed by atoms with Crippen molar-refractivity contribution in [1.82, 2.24) is 0 Å². The molecule has 0 spiro atoms. The van der Waals surface area contributed by atoms with Crippen molar-refractivity contribution in [3.05, 3.63) is 6.67 Å². The Morgan fingerprint density at radius 3 is 2.00 bits per heavy atom. The predicted molar refractivity (Wildman–Crippen MR) is 21.2 cm³/mol. The molecule has 0 heterocycles. The van der Waals surface area contributed by atoms with Crippen molar-refractivity contribution in [2.45, 2.75) is 12.1 Å². The zero-order chi connectivity index (χ0) is 7.49. The Hall–Kier alpha value is -0.350. The molecule has 1 atom stereocenters. The average molecular weight is 147 g/mol. The van der Waals surface area contributed by atoms with Crippen molar-refractivity contribution in [3.8, 4) is 0 Å². The van der Waals surface area contributed by atoms with Gasteiger partial charge >= 0.3 is 5.92 Å². The van der Waals surface area contributed by atoms with Gasteiger partial charge in [0.15, 0.2) is 6.17 Å². The van der Waals surface area contributed by atoms with Crippen molar-refractivity contribution < 1.29 is 22.0 Å². The summed E-state index contributed by atoms with van der Waals surface area (Å²) >= 11 is 0. The lowest BCUT2D eigenvalue weighted by molar-refractivity contribution is -0.0674. The van der Waals surface area contributed by atoms with Gasteiger partial charge in [-0.15, -0.1) is 0 Å². The zero-order valence-electron chi connectivity index (χ0n) is 4.25. The fourth-order valence-corrected chi connectivity index (χ4v) is 0.171. The molecular formula is C4H4F5. The summed E-state index contributed by atoms with van der Waals surface area (Å²) in [5, 5.41) is 0. The van der Waals surface area contributed by atoms with Gasteiger partial charge in [0, 0.05) is 0 Å². The Labute approximate surface area is 48.7 Å². The third-order valence-corrected chi connectivity index (χ3v) is 0.699. The van der Waals surface area contributed by atoms with Crippen LogP contribution in [-0.4, -0.2) is 18.8 Å². The first-order valence-electron chi connectivity index (χ1n) is 2.07. The first-order valence-corrected chi connectivity index (χ1v) is 2.07. The Bertz CT molecular complexity index is 81.0. The number of hydrogen-bond donors (Lipinski definition) is 0. The van der Waals surface area contributed by atoms with Gasteiger partial charge < -0.3 is 0 Å². The first-order chi connectivity index (χ1) is 4.04. The largest absolute Gasteiger partial charge is 0.314 e. The van der Waals surface area contributed by atoms with Gasteiger partial charge in [-0.2, -0.15) is 8.78 Å². The molecule has 5 heteroatoms. The van der Waals surface area contributed by atoms with Crippen LogP contribution < -0.4 is 0 Å². The molecule has 0 aromatic carbocycles. The van der Waals surface area contributed by atoms with Crippen molar-refractivity contribution in [2.24, 2.45) is 0 Å². The highest BCUT2D eigenvalue weighted by atomic mass is 19.3. The number of alkyl halides is 4. The SMILES string of the molecule is F[CH]C(F)(F)C(F)CF. The van der Waals surface area contributed by atoms with Crippen molar-refractivity contribution >= 4 is 0 Å². The van der Waals surface area contributed by atoms with Crippen LogP contribution in [0.25, 0.3) is 0 Å². The van der Waals surface area contributed by atoms with Crippen LogP contribution in [0.3, 0.4) is 0 Å². The van der Waals surface area contributed by atoms with E-state index in [0.29, 0.717) is 0 Å². The van der Waals surface area contributed by atoms with Gasteiger partial charge in [0.05, 0.1) is 0 Å². The zero-order valence-corrected chi connectivity index (χ0v) is 4.25. The summed E-state index contributed by atoms with van der Waals surface area (Å²) in [4.78, 5) is 0. The normalized spacial score (nSPS) is 15.7. The lowest BCUT2D eigenvalue weighted by Gasteiger charge is -2.12. The van der Waals surface area contributed by atoms with Crippen LogP contribution in [0.4, 0.5) is 22.0 Å². The molecule has 0 N–H and O–H groups in total. The van der Waals surface area contributed by atoms with Gasteiger partial charge in [-0.3, -0.25) is 0 Å². The lowest BCUT2D eigenvalue weighted by Crippen LogP contribution is -2.30. The maximum absolute atomic E-state index is 11.5. The molecule has 55 valence electrons. The number of halogens is 5. The molecule has 0 aliphatic heterocycles. The van der Waals surface area contributed by atoms with Crippen molar-refractivity contribution in [3.63, 3.8) is 0 Å². The molecule has 0 fully saturated rings. The van der Waals surface area contributed by atoms with E-state index in [1.807, 2.05) is 0 Å². The van der Waals surface area contributed by atoms with Crippen LogP contribution in [0.2, 0.25) is 0 Å². The molecular weight excluding hydrogens is 143 g/mol. The summed E-state index contributed by atoms with van der Waals surface area (Å²) in [6, 6.07) is 0. The molecule has 0 rings (SSSR count). The maximum Gasteiger partial charge on any atom is 0.314 e. The summed E-state index contributed by atoms with van der Waals surface area (Å²) in [6.45, 7) is -3.04. The minimum absolute atomic E-state index is 1.16. The van der Waals surface area contributed by atoms with Crippen LogP contribution in [0, 0.1) is 6.67 Å². The van der Waals surface area contributed by atoms with Crippen molar-refractivity contribution in [1.29, 1.82) is 0 Å². The highest BCUT2D eigenvalue weighted by molar-refractivity contribution is 4.83. The van der Waals surface area contributed by atoms with Gasteiger partial charge in [-0.1, -0.05) is 0 Å². The van der Waals surface area contributed by atoms with E-state index >= 15 is 0 Å². The van der Waals surface area contributed by atoms with Gasteiger partial charge in [0.1, 0.15) is 6.67 Å². The molecule has 0 nitrogen and oxygen atoms in total. The van der Waals surface area contributed by atoms with Gasteiger partial charge in [-0.25, -0.2) is 13.2 Å². The van der Waals surface area contributed by atoms with E-state index in [-0.39, 0.29) is 0 Å². The lowest BCUT2D eigenvalue weighted by atomic mass is 10.2. The van der Waals surface area contributed by atoms with Crippen LogP contribution in [0.5, 0.6) is 0 Å². The van der Waals surface area contributed by atoms with Gasteiger partial charge in [0.2, 0.25) is 6.67 Å². The topological polar surface area (TPSA) is 0 Å². The minimum atomic E-state index is -4.28. The standard InChI is InChI=1S/C4H4F5/c5-1-3(7)4(8,9)2-6/h2-3H,1H2. The average Bonchev–Trinajstić information content (AvgIpc) is 1.86. The molecule has 0 aliphatic carbocycles. The monoisotopic (exact) mass is 147 g/mol. The first kappa shape index (κ1) is 8.65. The molecule has 0 aromatic rings. The Morgan fingerprint density at radius 2 is 1.89 bits per heavy atom. The van der Waals surface area contributed by atoms with Crippen LogP contribution >= 0.6 is 0 Å². The van der Waals surface area contributed by atoms with E-state index in [2.05, 4.69) is 0 Å². The molecule has 0 aliphatic rings. The van der Waals surface area contributed by atoms with Crippen LogP contribution in [0.1, 0.15) is 0 Å². The van der Waals surface area contributed by atoms with Crippen LogP contribution in [0.15, 0.2) is 0 Å². The maximum atomic E-state index is 11.5. The Kier molecular flexibility index (Phi) is 2.87. The summed E-state index contributed by atoms with van der Waals surface area (Å²) < 4.78 is 56.5. The van der Waals surface area contributed by atoms with E-state index < -0.39 is 25.4 Å². The summed E-state index contributed by atoms with van der Waals surface area (Å²) in [5.74, 6) is -4.28. The molecule has 1 unspecified atom stereocenters. The molecule has 0 aromatic heterocycles. The van der Waals surface area contributed by atoms with Crippen LogP contribution in [-0.2, 0) is 0 Å². The smallest absolute Gasteiger partial charge is 0.248 e. The molecule has 0 saturated carbocycles. The molecule has 1 radical (unpaired) electrons. The van der Waals surface area contributed by atoms with Crippen molar-refractivity contribution in [2.75, 3.05) is 6.67 Å². The Morgan fingerprint density at radius 1 is 1.44 bits per heavy atom. The fraction of sp³-hybridized carbons (Fsp3) is 0.750. The molecule has 0 amide bonds. The highest BCUT2D eigenvalue weighted by Gasteiger charge is 2.41. The Balaban J connectivity index is 3.80. The second kappa shape index (κ2) is 2.98.